The quantitative estimate of drug-likeness (QED) is 0.569. The van der Waals surface area contributed by atoms with Crippen molar-refractivity contribution >= 4 is 23.5 Å². The molecule has 0 aliphatic rings. The van der Waals surface area contributed by atoms with Crippen LogP contribution in [0.1, 0.15) is 25.5 Å². The summed E-state index contributed by atoms with van der Waals surface area (Å²) in [5.41, 5.74) is 0.792. The molecular formula is C16H22ClNO4. The van der Waals surface area contributed by atoms with Crippen molar-refractivity contribution in [3.05, 3.63) is 34.9 Å². The van der Waals surface area contributed by atoms with Crippen molar-refractivity contribution in [1.82, 2.24) is 4.90 Å². The molecule has 6 heteroatoms. The molecule has 0 amide bonds. The highest BCUT2D eigenvalue weighted by Gasteiger charge is 2.39. The van der Waals surface area contributed by atoms with E-state index in [-0.39, 0.29) is 13.2 Å². The summed E-state index contributed by atoms with van der Waals surface area (Å²) in [5.74, 6) is -2.22. The first kappa shape index (κ1) is 18.5. The van der Waals surface area contributed by atoms with Gasteiger partial charge in [-0.05, 0) is 45.6 Å². The molecule has 0 fully saturated rings. The van der Waals surface area contributed by atoms with Gasteiger partial charge in [-0.25, -0.2) is 0 Å². The Morgan fingerprint density at radius 1 is 1.05 bits per heavy atom. The number of ether oxygens (including phenoxy) is 2. The second-order valence-electron chi connectivity index (χ2n) is 4.94. The predicted octanol–water partition coefficient (Wildman–Crippen LogP) is 2.69. The van der Waals surface area contributed by atoms with Crippen LogP contribution in [0.3, 0.4) is 0 Å². The highest BCUT2D eigenvalue weighted by molar-refractivity contribution is 6.30. The molecule has 1 rings (SSSR count). The van der Waals surface area contributed by atoms with Crippen molar-refractivity contribution in [2.75, 3.05) is 27.3 Å². The van der Waals surface area contributed by atoms with E-state index in [0.717, 1.165) is 5.56 Å². The summed E-state index contributed by atoms with van der Waals surface area (Å²) in [4.78, 5) is 26.3. The first-order chi connectivity index (χ1) is 10.4. The van der Waals surface area contributed by atoms with Crippen LogP contribution < -0.4 is 0 Å². The number of nitrogens with zero attached hydrogens (tertiary/aromatic N) is 1. The topological polar surface area (TPSA) is 55.8 Å². The molecule has 0 aliphatic carbocycles. The summed E-state index contributed by atoms with van der Waals surface area (Å²) in [6.45, 7) is 3.81. The van der Waals surface area contributed by atoms with Crippen molar-refractivity contribution in [3.8, 4) is 0 Å². The molecule has 5 nitrogen and oxygen atoms in total. The molecule has 0 aliphatic heterocycles. The molecule has 122 valence electrons. The van der Waals surface area contributed by atoms with E-state index in [1.807, 2.05) is 0 Å². The normalized spacial score (nSPS) is 12.3. The molecule has 0 radical (unpaired) electrons. The van der Waals surface area contributed by atoms with E-state index in [9.17, 15) is 9.59 Å². The van der Waals surface area contributed by atoms with Crippen molar-refractivity contribution in [2.45, 2.75) is 19.9 Å². The fourth-order valence-electron chi connectivity index (χ4n) is 2.27. The second kappa shape index (κ2) is 8.76. The number of carbonyl (C=O) groups excluding carboxylic acids is 2. The number of hydrogen-bond donors (Lipinski definition) is 0. The van der Waals surface area contributed by atoms with Crippen LogP contribution in [0.2, 0.25) is 5.02 Å². The zero-order valence-corrected chi connectivity index (χ0v) is 14.1. The van der Waals surface area contributed by atoms with Crippen LogP contribution in [0.5, 0.6) is 0 Å². The minimum absolute atomic E-state index is 0.204. The molecule has 0 N–H and O–H groups in total. The summed E-state index contributed by atoms with van der Waals surface area (Å²) in [7, 11) is 3.59. The van der Waals surface area contributed by atoms with Gasteiger partial charge in [0.05, 0.1) is 19.3 Å². The number of esters is 2. The van der Waals surface area contributed by atoms with Crippen molar-refractivity contribution in [3.63, 3.8) is 0 Å². The Hall–Kier alpha value is -1.59. The van der Waals surface area contributed by atoms with E-state index >= 15 is 0 Å². The zero-order valence-electron chi connectivity index (χ0n) is 13.3. The second-order valence-corrected chi connectivity index (χ2v) is 5.38. The van der Waals surface area contributed by atoms with Crippen LogP contribution in [0, 0.1) is 5.92 Å². The average molecular weight is 328 g/mol. The third-order valence-electron chi connectivity index (χ3n) is 3.16. The molecule has 1 aromatic carbocycles. The molecule has 0 saturated heterocycles. The maximum atomic E-state index is 12.3. The maximum absolute atomic E-state index is 12.3. The number of halogens is 1. The van der Waals surface area contributed by atoms with Gasteiger partial charge in [0.2, 0.25) is 0 Å². The molecule has 0 aromatic heterocycles. The zero-order chi connectivity index (χ0) is 16.7. The van der Waals surface area contributed by atoms with Crippen molar-refractivity contribution in [2.24, 2.45) is 5.92 Å². The Morgan fingerprint density at radius 2 is 1.50 bits per heavy atom. The van der Waals surface area contributed by atoms with Crippen LogP contribution in [-0.4, -0.2) is 44.1 Å². The van der Waals surface area contributed by atoms with Gasteiger partial charge in [-0.3, -0.25) is 9.59 Å². The fraction of sp³-hybridized carbons (Fsp3) is 0.500. The number of rotatable bonds is 7. The Balaban J connectivity index is 3.22. The average Bonchev–Trinajstić information content (AvgIpc) is 2.45. The lowest BCUT2D eigenvalue weighted by Gasteiger charge is -2.30. The smallest absolute Gasteiger partial charge is 0.322 e. The van der Waals surface area contributed by atoms with Gasteiger partial charge in [0.1, 0.15) is 0 Å². The summed E-state index contributed by atoms with van der Waals surface area (Å²) in [6.07, 6.45) is 0. The molecule has 22 heavy (non-hydrogen) atoms. The van der Waals surface area contributed by atoms with Crippen LogP contribution >= 0.6 is 11.6 Å². The number of carbonyl (C=O) groups is 2. The lowest BCUT2D eigenvalue weighted by atomic mass is 9.92. The van der Waals surface area contributed by atoms with Gasteiger partial charge in [0.25, 0.3) is 0 Å². The van der Waals surface area contributed by atoms with Gasteiger partial charge in [-0.2, -0.15) is 0 Å². The molecule has 0 spiro atoms. The third-order valence-corrected chi connectivity index (χ3v) is 3.42. The van der Waals surface area contributed by atoms with Crippen LogP contribution in [0.25, 0.3) is 0 Å². The summed E-state index contributed by atoms with van der Waals surface area (Å²) < 4.78 is 10.1. The first-order valence-electron chi connectivity index (χ1n) is 7.17. The standard InChI is InChI=1S/C16H22ClNO4/c1-5-21-15(19)13(16(20)22-6-2)14(18(3)4)11-7-9-12(17)10-8-11/h7-10,13-14H,5-6H2,1-4H3/t14-/m1/s1. The van der Waals surface area contributed by atoms with Crippen molar-refractivity contribution < 1.29 is 19.1 Å². The minimum atomic E-state index is -1.05. The van der Waals surface area contributed by atoms with Crippen molar-refractivity contribution in [1.29, 1.82) is 0 Å². The lowest BCUT2D eigenvalue weighted by Crippen LogP contribution is -2.39. The van der Waals surface area contributed by atoms with E-state index in [2.05, 4.69) is 0 Å². The van der Waals surface area contributed by atoms with Crippen LogP contribution in [0.4, 0.5) is 0 Å². The van der Waals surface area contributed by atoms with Gasteiger partial charge in [0.15, 0.2) is 5.92 Å². The number of hydrogen-bond acceptors (Lipinski definition) is 5. The Labute approximate surface area is 136 Å². The van der Waals surface area contributed by atoms with E-state index in [1.165, 1.54) is 0 Å². The van der Waals surface area contributed by atoms with E-state index < -0.39 is 23.9 Å². The summed E-state index contributed by atoms with van der Waals surface area (Å²) in [5, 5.41) is 0.588. The summed E-state index contributed by atoms with van der Waals surface area (Å²) >= 11 is 5.90. The Morgan fingerprint density at radius 3 is 1.86 bits per heavy atom. The van der Waals surface area contributed by atoms with Gasteiger partial charge in [-0.1, -0.05) is 23.7 Å². The van der Waals surface area contributed by atoms with Gasteiger partial charge < -0.3 is 14.4 Å². The number of benzene rings is 1. The minimum Gasteiger partial charge on any atom is -0.465 e. The van der Waals surface area contributed by atoms with Crippen LogP contribution in [0.15, 0.2) is 24.3 Å². The molecule has 0 unspecified atom stereocenters. The molecule has 1 aromatic rings. The molecule has 1 atom stereocenters. The van der Waals surface area contributed by atoms with Gasteiger partial charge >= 0.3 is 11.9 Å². The maximum Gasteiger partial charge on any atom is 0.322 e. The lowest BCUT2D eigenvalue weighted by molar-refractivity contribution is -0.165. The Kier molecular flexibility index (Phi) is 7.35. The SMILES string of the molecule is CCOC(=O)C(C(=O)OCC)[C@@H](c1ccc(Cl)cc1)N(C)C. The van der Waals surface area contributed by atoms with E-state index in [0.29, 0.717) is 5.02 Å². The van der Waals surface area contributed by atoms with Gasteiger partial charge in [0, 0.05) is 5.02 Å². The third kappa shape index (κ3) is 4.71. The van der Waals surface area contributed by atoms with Gasteiger partial charge in [-0.15, -0.1) is 0 Å². The van der Waals surface area contributed by atoms with E-state index in [1.54, 1.807) is 57.1 Å². The fourth-order valence-corrected chi connectivity index (χ4v) is 2.39. The highest BCUT2D eigenvalue weighted by Crippen LogP contribution is 2.30. The highest BCUT2D eigenvalue weighted by atomic mass is 35.5. The van der Waals surface area contributed by atoms with Crippen LogP contribution in [-0.2, 0) is 19.1 Å². The molecule has 0 bridgehead atoms. The summed E-state index contributed by atoms with van der Waals surface area (Å²) in [6, 6.07) is 6.54. The van der Waals surface area contributed by atoms with E-state index in [4.69, 9.17) is 21.1 Å². The molecule has 0 heterocycles. The predicted molar refractivity (Wildman–Crippen MR) is 84.6 cm³/mol. The molecular weight excluding hydrogens is 306 g/mol. The Bertz CT molecular complexity index is 483. The monoisotopic (exact) mass is 327 g/mol. The largest absolute Gasteiger partial charge is 0.465 e. The molecule has 0 saturated carbocycles. The first-order valence-corrected chi connectivity index (χ1v) is 7.55.